The summed E-state index contributed by atoms with van der Waals surface area (Å²) in [5.41, 5.74) is -0.981. The van der Waals surface area contributed by atoms with Crippen molar-refractivity contribution in [3.05, 3.63) is 48.0 Å². The number of primary sulfonamides is 1. The van der Waals surface area contributed by atoms with Crippen LogP contribution in [-0.4, -0.2) is 135 Å². The van der Waals surface area contributed by atoms with Crippen LogP contribution in [0.4, 0.5) is 11.5 Å². The normalized spacial score (nSPS) is 13.2. The molecule has 2 aromatic carbocycles. The van der Waals surface area contributed by atoms with Gasteiger partial charge < -0.3 is 48.3 Å². The molecule has 3 aromatic rings. The van der Waals surface area contributed by atoms with Gasteiger partial charge in [0, 0.05) is 38.5 Å². The molecule has 350 valence electrons. The zero-order chi connectivity index (χ0) is 46.9. The lowest BCUT2D eigenvalue weighted by Crippen LogP contribution is -2.52. The highest BCUT2D eigenvalue weighted by Gasteiger charge is 2.33. The van der Waals surface area contributed by atoms with E-state index in [1.165, 1.54) is 11.0 Å². The number of nitrogens with two attached hydrogens (primary N) is 1. The number of aromatic nitrogens is 2. The zero-order valence-electron chi connectivity index (χ0n) is 36.3. The minimum Gasteiger partial charge on any atom is -0.470 e. The summed E-state index contributed by atoms with van der Waals surface area (Å²) in [4.78, 5) is 78.9. The number of rotatable bonds is 24. The molecule has 3 N–H and O–H groups in total. The maximum atomic E-state index is 13.5. The summed E-state index contributed by atoms with van der Waals surface area (Å²) in [5, 5.41) is 8.61. The zero-order valence-corrected chi connectivity index (χ0v) is 38.0. The maximum absolute atomic E-state index is 13.5. The van der Waals surface area contributed by atoms with Crippen LogP contribution in [0.2, 0.25) is 0 Å². The highest BCUT2D eigenvalue weighted by molar-refractivity contribution is 7.89. The molecule has 64 heavy (non-hydrogen) atoms. The minimum atomic E-state index is -4.44. The molecular weight excluding hydrogens is 881 g/mol. The van der Waals surface area contributed by atoms with Crippen molar-refractivity contribution in [1.29, 1.82) is 0 Å². The van der Waals surface area contributed by atoms with E-state index < -0.39 is 94.8 Å². The SMILES string of the molecule is CCCCNc1cc(C(=O)OCC(=O)CCC(=O)OCC(=O)N(C[C@@H](COc2nsnc2N2CCOCC2)OC(=O)COC(C)=O)C(C)(C)C)cc(S(N)(=O)=O)c1Oc1ccccc1. The van der Waals surface area contributed by atoms with E-state index >= 15 is 0 Å². The van der Waals surface area contributed by atoms with Crippen molar-refractivity contribution in [2.24, 2.45) is 5.14 Å². The topological polar surface area (TPSA) is 271 Å². The standard InChI is InChI=1S/C41H54N6O15S2/c1-6-7-15-43-32-20-28(21-33(64(42,54)55)37(32)62-30-11-9-8-10-12-30)40(53)60-23-29(49)13-14-35(51)58-25-34(50)47(41(3,4)5)22-31(61-36(52)26-57-27(2)48)24-59-39-38(44-63-45-39)46-16-18-56-19-17-46/h8-12,20-21,31,43H,6-7,13-19,22-26H2,1-5H3,(H2,42,54,55)/t31-/m0/s1. The van der Waals surface area contributed by atoms with Crippen molar-refractivity contribution >= 4 is 68.8 Å². The molecule has 0 aliphatic carbocycles. The molecule has 4 rings (SSSR count). The fraction of sp³-hybridized carbons (Fsp3) is 0.512. The smallest absolute Gasteiger partial charge is 0.344 e. The number of para-hydroxylation sites is 1. The van der Waals surface area contributed by atoms with Crippen molar-refractivity contribution in [1.82, 2.24) is 13.6 Å². The van der Waals surface area contributed by atoms with E-state index in [2.05, 4.69) is 14.1 Å². The number of morpholine rings is 1. The lowest BCUT2D eigenvalue weighted by atomic mass is 10.1. The molecule has 1 aliphatic rings. The van der Waals surface area contributed by atoms with Gasteiger partial charge in [-0.2, -0.15) is 4.37 Å². The largest absolute Gasteiger partial charge is 0.470 e. The predicted octanol–water partition coefficient (Wildman–Crippen LogP) is 3.26. The number of sulfonamides is 1. The lowest BCUT2D eigenvalue weighted by Gasteiger charge is -2.37. The number of amides is 1. The van der Waals surface area contributed by atoms with E-state index in [0.29, 0.717) is 50.8 Å². The average molecular weight is 935 g/mol. The first-order valence-corrected chi connectivity index (χ1v) is 22.6. The number of benzene rings is 2. The second kappa shape index (κ2) is 24.2. The van der Waals surface area contributed by atoms with Gasteiger partial charge in [-0.15, -0.1) is 4.37 Å². The van der Waals surface area contributed by atoms with Gasteiger partial charge in [0.2, 0.25) is 15.8 Å². The quantitative estimate of drug-likeness (QED) is 0.0741. The van der Waals surface area contributed by atoms with E-state index in [9.17, 15) is 37.2 Å². The van der Waals surface area contributed by atoms with Crippen LogP contribution >= 0.6 is 11.7 Å². The van der Waals surface area contributed by atoms with Gasteiger partial charge in [-0.1, -0.05) is 31.5 Å². The molecule has 1 atom stereocenters. The van der Waals surface area contributed by atoms with E-state index in [1.807, 2.05) is 11.8 Å². The minimum absolute atomic E-state index is 0.129. The van der Waals surface area contributed by atoms with Crippen LogP contribution in [0.25, 0.3) is 0 Å². The monoisotopic (exact) mass is 934 g/mol. The summed E-state index contributed by atoms with van der Waals surface area (Å²) in [6.45, 7) is 8.00. The van der Waals surface area contributed by atoms with Crippen molar-refractivity contribution < 1.29 is 70.3 Å². The van der Waals surface area contributed by atoms with Crippen LogP contribution in [0.3, 0.4) is 0 Å². The number of nitrogens with zero attached hydrogens (tertiary/aromatic N) is 4. The number of unbranched alkanes of at least 4 members (excludes halogenated alkanes) is 1. The Morgan fingerprint density at radius 3 is 2.33 bits per heavy atom. The van der Waals surface area contributed by atoms with Crippen molar-refractivity contribution in [3.8, 4) is 17.4 Å². The molecule has 2 heterocycles. The molecular formula is C41H54N6O15S2. The summed E-state index contributed by atoms with van der Waals surface area (Å²) in [7, 11) is -4.44. The molecule has 0 radical (unpaired) electrons. The van der Waals surface area contributed by atoms with Crippen molar-refractivity contribution in [2.45, 2.75) is 76.8 Å². The van der Waals surface area contributed by atoms with Crippen LogP contribution in [0.15, 0.2) is 47.4 Å². The molecule has 0 unspecified atom stereocenters. The molecule has 1 fully saturated rings. The van der Waals surface area contributed by atoms with E-state index in [0.717, 1.165) is 31.1 Å². The Bertz CT molecular complexity index is 2190. The Morgan fingerprint density at radius 2 is 1.67 bits per heavy atom. The highest BCUT2D eigenvalue weighted by atomic mass is 32.2. The van der Waals surface area contributed by atoms with Crippen molar-refractivity contribution in [2.75, 3.05) is 76.0 Å². The highest BCUT2D eigenvalue weighted by Crippen LogP contribution is 2.37. The first-order chi connectivity index (χ1) is 30.3. The first kappa shape index (κ1) is 50.7. The van der Waals surface area contributed by atoms with Crippen molar-refractivity contribution in [3.63, 3.8) is 0 Å². The van der Waals surface area contributed by atoms with Crippen LogP contribution in [0.5, 0.6) is 17.4 Å². The molecule has 21 nitrogen and oxygen atoms in total. The molecule has 1 saturated heterocycles. The number of Topliss-reactive ketones (excluding diaryl/α,β-unsaturated/α-hetero) is 1. The predicted molar refractivity (Wildman–Crippen MR) is 230 cm³/mol. The molecule has 1 amide bonds. The van der Waals surface area contributed by atoms with Gasteiger partial charge in [-0.3, -0.25) is 19.2 Å². The number of carbonyl (C=O) groups excluding carboxylic acids is 6. The van der Waals surface area contributed by atoms with Crippen LogP contribution in [0, 0.1) is 0 Å². The number of ketones is 1. The third-order valence-corrected chi connectivity index (χ3v) is 10.5. The van der Waals surface area contributed by atoms with Gasteiger partial charge in [-0.05, 0) is 51.5 Å². The fourth-order valence-electron chi connectivity index (χ4n) is 5.87. The third kappa shape index (κ3) is 16.3. The van der Waals surface area contributed by atoms with Crippen LogP contribution < -0.4 is 24.8 Å². The van der Waals surface area contributed by atoms with Gasteiger partial charge in [0.15, 0.2) is 30.9 Å². The van der Waals surface area contributed by atoms with Gasteiger partial charge in [0.25, 0.3) is 11.8 Å². The van der Waals surface area contributed by atoms with E-state index in [-0.39, 0.29) is 36.0 Å². The fourth-order valence-corrected chi connectivity index (χ4v) is 7.10. The molecule has 1 aliphatic heterocycles. The first-order valence-electron chi connectivity index (χ1n) is 20.3. The summed E-state index contributed by atoms with van der Waals surface area (Å²) in [5.74, 6) is -4.04. The Labute approximate surface area is 375 Å². The molecule has 0 bridgehead atoms. The number of carbonyl (C=O) groups is 6. The number of nitrogens with one attached hydrogen (secondary N) is 1. The Hall–Kier alpha value is -5.91. The summed E-state index contributed by atoms with van der Waals surface area (Å²) < 4.78 is 71.9. The Kier molecular flexibility index (Phi) is 19.2. The number of esters is 4. The number of anilines is 2. The Morgan fingerprint density at radius 1 is 0.953 bits per heavy atom. The molecule has 23 heteroatoms. The maximum Gasteiger partial charge on any atom is 0.344 e. The van der Waals surface area contributed by atoms with Gasteiger partial charge in [0.05, 0.1) is 49.2 Å². The Balaban J connectivity index is 1.35. The number of hydrogen-bond acceptors (Lipinski definition) is 20. The molecule has 0 spiro atoms. The summed E-state index contributed by atoms with van der Waals surface area (Å²) in [6, 6.07) is 10.7. The number of ether oxygens (including phenoxy) is 7. The molecule has 1 aromatic heterocycles. The molecule has 0 saturated carbocycles. The second-order valence-electron chi connectivity index (χ2n) is 15.2. The van der Waals surface area contributed by atoms with E-state index in [1.54, 1.807) is 51.1 Å². The second-order valence-corrected chi connectivity index (χ2v) is 17.3. The van der Waals surface area contributed by atoms with Gasteiger partial charge >= 0.3 is 23.9 Å². The van der Waals surface area contributed by atoms with Gasteiger partial charge in [0.1, 0.15) is 23.9 Å². The third-order valence-electron chi connectivity index (χ3n) is 9.08. The van der Waals surface area contributed by atoms with Crippen LogP contribution in [-0.2, 0) is 57.7 Å². The van der Waals surface area contributed by atoms with E-state index in [4.69, 9.17) is 38.3 Å². The summed E-state index contributed by atoms with van der Waals surface area (Å²) >= 11 is 0.925. The van der Waals surface area contributed by atoms with Gasteiger partial charge in [-0.25, -0.2) is 23.1 Å². The number of hydrogen-bond donors (Lipinski definition) is 2. The van der Waals surface area contributed by atoms with Crippen LogP contribution in [0.1, 0.15) is 70.7 Å². The average Bonchev–Trinajstić information content (AvgIpc) is 3.73. The summed E-state index contributed by atoms with van der Waals surface area (Å²) in [6.07, 6.45) is -0.482. The lowest BCUT2D eigenvalue weighted by molar-refractivity contribution is -0.166.